The largest absolute Gasteiger partial charge is 0.389 e. The van der Waals surface area contributed by atoms with Gasteiger partial charge in [0.1, 0.15) is 5.82 Å². The normalized spacial score (nSPS) is 18.9. The summed E-state index contributed by atoms with van der Waals surface area (Å²) in [5.74, 6) is 1.75. The lowest BCUT2D eigenvalue weighted by atomic mass is 10.2. The summed E-state index contributed by atoms with van der Waals surface area (Å²) in [5, 5.41) is 9.48. The van der Waals surface area contributed by atoms with Gasteiger partial charge >= 0.3 is 0 Å². The van der Waals surface area contributed by atoms with Gasteiger partial charge in [-0.05, 0) is 24.5 Å². The number of aliphatic hydroxyl groups is 1. The van der Waals surface area contributed by atoms with Gasteiger partial charge in [0, 0.05) is 38.9 Å². The van der Waals surface area contributed by atoms with Crippen LogP contribution in [0.5, 0.6) is 0 Å². The van der Waals surface area contributed by atoms with Crippen molar-refractivity contribution in [1.82, 2.24) is 9.88 Å². The van der Waals surface area contributed by atoms with Gasteiger partial charge in [-0.25, -0.2) is 4.98 Å². The molecule has 4 nitrogen and oxygen atoms in total. The Labute approximate surface area is 116 Å². The molecule has 1 saturated heterocycles. The number of pyridine rings is 1. The average molecular weight is 263 g/mol. The SMILES string of the molecule is CC(C)CN1CCN(c2ccc(C(C)O)cn2)CC1. The highest BCUT2D eigenvalue weighted by atomic mass is 16.3. The second-order valence-electron chi connectivity index (χ2n) is 5.81. The van der Waals surface area contributed by atoms with Crippen LogP contribution in [0.2, 0.25) is 0 Å². The summed E-state index contributed by atoms with van der Waals surface area (Å²) in [6.45, 7) is 11.8. The van der Waals surface area contributed by atoms with Crippen LogP contribution in [0.4, 0.5) is 5.82 Å². The molecule has 0 aromatic carbocycles. The quantitative estimate of drug-likeness (QED) is 0.901. The van der Waals surface area contributed by atoms with Crippen molar-refractivity contribution in [3.05, 3.63) is 23.9 Å². The summed E-state index contributed by atoms with van der Waals surface area (Å²) in [4.78, 5) is 9.30. The van der Waals surface area contributed by atoms with E-state index in [1.54, 1.807) is 13.1 Å². The minimum atomic E-state index is -0.440. The topological polar surface area (TPSA) is 39.6 Å². The summed E-state index contributed by atoms with van der Waals surface area (Å²) in [6, 6.07) is 3.98. The first-order chi connectivity index (χ1) is 9.06. The van der Waals surface area contributed by atoms with Crippen LogP contribution in [0, 0.1) is 5.92 Å². The molecule has 0 bridgehead atoms. The lowest BCUT2D eigenvalue weighted by Crippen LogP contribution is -2.47. The highest BCUT2D eigenvalue weighted by Crippen LogP contribution is 2.17. The molecule has 1 aliphatic rings. The first-order valence-electron chi connectivity index (χ1n) is 7.17. The number of rotatable bonds is 4. The monoisotopic (exact) mass is 263 g/mol. The number of piperazine rings is 1. The van der Waals surface area contributed by atoms with Crippen molar-refractivity contribution in [1.29, 1.82) is 0 Å². The Kier molecular flexibility index (Phi) is 4.77. The van der Waals surface area contributed by atoms with E-state index in [9.17, 15) is 5.11 Å². The van der Waals surface area contributed by atoms with Gasteiger partial charge in [-0.2, -0.15) is 0 Å². The molecule has 0 saturated carbocycles. The predicted octanol–water partition coefficient (Wildman–Crippen LogP) is 1.91. The third-order valence-corrected chi connectivity index (χ3v) is 3.57. The van der Waals surface area contributed by atoms with Gasteiger partial charge < -0.3 is 10.0 Å². The average Bonchev–Trinajstić information content (AvgIpc) is 2.39. The van der Waals surface area contributed by atoms with E-state index in [2.05, 4.69) is 28.6 Å². The Morgan fingerprint density at radius 3 is 2.32 bits per heavy atom. The van der Waals surface area contributed by atoms with E-state index in [0.29, 0.717) is 0 Å². The summed E-state index contributed by atoms with van der Waals surface area (Å²) < 4.78 is 0. The van der Waals surface area contributed by atoms with E-state index in [4.69, 9.17) is 0 Å². The maximum Gasteiger partial charge on any atom is 0.128 e. The third kappa shape index (κ3) is 3.91. The van der Waals surface area contributed by atoms with Gasteiger partial charge in [-0.15, -0.1) is 0 Å². The van der Waals surface area contributed by atoms with Crippen LogP contribution in [0.3, 0.4) is 0 Å². The zero-order valence-electron chi connectivity index (χ0n) is 12.2. The molecule has 1 unspecified atom stereocenters. The van der Waals surface area contributed by atoms with Crippen molar-refractivity contribution < 1.29 is 5.11 Å². The van der Waals surface area contributed by atoms with E-state index >= 15 is 0 Å². The van der Waals surface area contributed by atoms with Crippen molar-refractivity contribution in [3.63, 3.8) is 0 Å². The lowest BCUT2D eigenvalue weighted by molar-refractivity contribution is 0.199. The second kappa shape index (κ2) is 6.35. The smallest absolute Gasteiger partial charge is 0.128 e. The Bertz CT molecular complexity index is 381. The molecule has 4 heteroatoms. The van der Waals surface area contributed by atoms with Gasteiger partial charge in [0.05, 0.1) is 6.10 Å². The molecule has 2 rings (SSSR count). The molecule has 1 N–H and O–H groups in total. The van der Waals surface area contributed by atoms with E-state index in [1.165, 1.54) is 6.54 Å². The zero-order chi connectivity index (χ0) is 13.8. The number of aromatic nitrogens is 1. The molecule has 0 amide bonds. The first-order valence-corrected chi connectivity index (χ1v) is 7.17. The zero-order valence-corrected chi connectivity index (χ0v) is 12.2. The van der Waals surface area contributed by atoms with Gasteiger partial charge in [-0.1, -0.05) is 19.9 Å². The summed E-state index contributed by atoms with van der Waals surface area (Å²) >= 11 is 0. The molecule has 106 valence electrons. The predicted molar refractivity (Wildman–Crippen MR) is 78.4 cm³/mol. The van der Waals surface area contributed by atoms with E-state index in [-0.39, 0.29) is 0 Å². The van der Waals surface area contributed by atoms with Gasteiger partial charge in [0.2, 0.25) is 0 Å². The molecule has 1 aliphatic heterocycles. The fourth-order valence-corrected chi connectivity index (χ4v) is 2.51. The number of aliphatic hydroxyl groups excluding tert-OH is 1. The maximum absolute atomic E-state index is 9.48. The van der Waals surface area contributed by atoms with Crippen molar-refractivity contribution >= 4 is 5.82 Å². The maximum atomic E-state index is 9.48. The molecule has 0 radical (unpaired) electrons. The molecule has 2 heterocycles. The van der Waals surface area contributed by atoms with Gasteiger partial charge in [0.25, 0.3) is 0 Å². The van der Waals surface area contributed by atoms with Crippen molar-refractivity contribution in [3.8, 4) is 0 Å². The molecule has 1 aromatic rings. The molecular weight excluding hydrogens is 238 g/mol. The van der Waals surface area contributed by atoms with Crippen LogP contribution in [0.15, 0.2) is 18.3 Å². The van der Waals surface area contributed by atoms with Crippen LogP contribution < -0.4 is 4.90 Å². The minimum Gasteiger partial charge on any atom is -0.389 e. The van der Waals surface area contributed by atoms with E-state index < -0.39 is 6.10 Å². The Morgan fingerprint density at radius 2 is 1.84 bits per heavy atom. The number of nitrogens with zero attached hydrogens (tertiary/aromatic N) is 3. The van der Waals surface area contributed by atoms with Crippen LogP contribution in [-0.2, 0) is 0 Å². The fourth-order valence-electron chi connectivity index (χ4n) is 2.51. The van der Waals surface area contributed by atoms with Crippen molar-refractivity contribution in [2.75, 3.05) is 37.6 Å². The Balaban J connectivity index is 1.90. The summed E-state index contributed by atoms with van der Waals surface area (Å²) in [5.41, 5.74) is 0.877. The minimum absolute atomic E-state index is 0.440. The Hall–Kier alpha value is -1.13. The van der Waals surface area contributed by atoms with Gasteiger partial charge in [-0.3, -0.25) is 4.90 Å². The highest BCUT2D eigenvalue weighted by molar-refractivity contribution is 5.40. The molecule has 1 fully saturated rings. The standard InChI is InChI=1S/C15H25N3O/c1-12(2)11-17-6-8-18(9-7-17)15-5-4-14(10-16-15)13(3)19/h4-5,10,12-13,19H,6-9,11H2,1-3H3. The molecule has 0 aliphatic carbocycles. The molecule has 19 heavy (non-hydrogen) atoms. The first kappa shape index (κ1) is 14.3. The number of hydrogen-bond acceptors (Lipinski definition) is 4. The fraction of sp³-hybridized carbons (Fsp3) is 0.667. The molecule has 1 atom stereocenters. The van der Waals surface area contributed by atoms with Crippen LogP contribution in [0.1, 0.15) is 32.4 Å². The molecule has 0 spiro atoms. The molecule has 1 aromatic heterocycles. The Morgan fingerprint density at radius 1 is 1.16 bits per heavy atom. The van der Waals surface area contributed by atoms with E-state index in [1.807, 2.05) is 12.1 Å². The summed E-state index contributed by atoms with van der Waals surface area (Å²) in [6.07, 6.45) is 1.34. The van der Waals surface area contributed by atoms with Crippen molar-refractivity contribution in [2.24, 2.45) is 5.92 Å². The lowest BCUT2D eigenvalue weighted by Gasteiger charge is -2.36. The van der Waals surface area contributed by atoms with Crippen LogP contribution in [0.25, 0.3) is 0 Å². The van der Waals surface area contributed by atoms with E-state index in [0.717, 1.165) is 43.5 Å². The number of anilines is 1. The highest BCUT2D eigenvalue weighted by Gasteiger charge is 2.18. The second-order valence-corrected chi connectivity index (χ2v) is 5.81. The van der Waals surface area contributed by atoms with Crippen molar-refractivity contribution in [2.45, 2.75) is 26.9 Å². The van der Waals surface area contributed by atoms with Crippen LogP contribution in [-0.4, -0.2) is 47.7 Å². The van der Waals surface area contributed by atoms with Crippen LogP contribution >= 0.6 is 0 Å². The number of hydrogen-bond donors (Lipinski definition) is 1. The third-order valence-electron chi connectivity index (χ3n) is 3.57. The van der Waals surface area contributed by atoms with Gasteiger partial charge in [0.15, 0.2) is 0 Å². The molecular formula is C15H25N3O. The summed E-state index contributed by atoms with van der Waals surface area (Å²) in [7, 11) is 0.